The summed E-state index contributed by atoms with van der Waals surface area (Å²) in [5, 5.41) is 3.08. The summed E-state index contributed by atoms with van der Waals surface area (Å²) < 4.78 is 29.4. The fourth-order valence-electron chi connectivity index (χ4n) is 3.98. The van der Waals surface area contributed by atoms with Crippen molar-refractivity contribution in [3.8, 4) is 0 Å². The van der Waals surface area contributed by atoms with Crippen LogP contribution in [0.1, 0.15) is 30.9 Å². The first-order valence-electron chi connectivity index (χ1n) is 9.99. The largest absolute Gasteiger partial charge is 0.356 e. The quantitative estimate of drug-likeness (QED) is 0.814. The van der Waals surface area contributed by atoms with Crippen molar-refractivity contribution in [2.45, 2.75) is 32.2 Å². The van der Waals surface area contributed by atoms with Gasteiger partial charge in [0.05, 0.1) is 6.42 Å². The second kappa shape index (κ2) is 8.39. The number of pyridine rings is 1. The van der Waals surface area contributed by atoms with Crippen molar-refractivity contribution >= 4 is 26.7 Å². The van der Waals surface area contributed by atoms with Gasteiger partial charge >= 0.3 is 0 Å². The van der Waals surface area contributed by atoms with E-state index in [0.29, 0.717) is 36.5 Å². The molecule has 0 unspecified atom stereocenters. The van der Waals surface area contributed by atoms with Crippen LogP contribution in [0.25, 0.3) is 4.91 Å². The van der Waals surface area contributed by atoms with Gasteiger partial charge < -0.3 is 10.2 Å². The van der Waals surface area contributed by atoms with E-state index in [2.05, 4.69) is 14.7 Å². The van der Waals surface area contributed by atoms with Crippen molar-refractivity contribution in [2.75, 3.05) is 13.1 Å². The molecule has 1 amide bonds. The molecule has 2 aromatic rings. The van der Waals surface area contributed by atoms with Gasteiger partial charge in [-0.25, -0.2) is 0 Å². The summed E-state index contributed by atoms with van der Waals surface area (Å²) in [7, 11) is -3.70. The zero-order chi connectivity index (χ0) is 21.1. The number of amidine groups is 1. The van der Waals surface area contributed by atoms with E-state index in [0.717, 1.165) is 18.4 Å². The summed E-state index contributed by atoms with van der Waals surface area (Å²) in [5.41, 5.74) is 2.22. The summed E-state index contributed by atoms with van der Waals surface area (Å²) in [5.74, 6) is 0.499. The second-order valence-electron chi connectivity index (χ2n) is 7.58. The Morgan fingerprint density at radius 2 is 1.87 bits per heavy atom. The van der Waals surface area contributed by atoms with Gasteiger partial charge in [-0.1, -0.05) is 36.4 Å². The molecule has 7 nitrogen and oxygen atoms in total. The van der Waals surface area contributed by atoms with Crippen molar-refractivity contribution in [3.05, 3.63) is 71.6 Å². The molecular weight excluding hydrogens is 400 g/mol. The number of carbonyl (C=O) groups is 1. The molecule has 156 valence electrons. The highest BCUT2D eigenvalue weighted by atomic mass is 32.2. The summed E-state index contributed by atoms with van der Waals surface area (Å²) >= 11 is 0. The third-order valence-electron chi connectivity index (χ3n) is 5.42. The third kappa shape index (κ3) is 4.28. The van der Waals surface area contributed by atoms with E-state index in [9.17, 15) is 13.2 Å². The van der Waals surface area contributed by atoms with Crippen molar-refractivity contribution in [1.29, 1.82) is 0 Å². The number of sulfonamides is 1. The lowest BCUT2D eigenvalue weighted by molar-refractivity contribution is -0.121. The average Bonchev–Trinajstić information content (AvgIpc) is 2.98. The highest BCUT2D eigenvalue weighted by molar-refractivity contribution is 8.00. The van der Waals surface area contributed by atoms with E-state index in [1.54, 1.807) is 24.5 Å². The highest BCUT2D eigenvalue weighted by Gasteiger charge is 2.34. The number of hydrogen-bond acceptors (Lipinski definition) is 5. The molecule has 0 atom stereocenters. The Bertz CT molecular complexity index is 1090. The number of aromatic nitrogens is 1. The zero-order valence-corrected chi connectivity index (χ0v) is 17.6. The molecule has 2 aliphatic heterocycles. The summed E-state index contributed by atoms with van der Waals surface area (Å²) in [6, 6.07) is 12.9. The molecule has 2 aliphatic rings. The van der Waals surface area contributed by atoms with Crippen LogP contribution in [-0.4, -0.2) is 49.2 Å². The highest BCUT2D eigenvalue weighted by Crippen LogP contribution is 2.34. The molecule has 4 rings (SSSR count). The number of carbonyl (C=O) groups excluding carboxylic acids is 1. The van der Waals surface area contributed by atoms with Gasteiger partial charge in [-0.05, 0) is 37.0 Å². The maximum atomic E-state index is 12.7. The fraction of sp³-hybridized carbons (Fsp3) is 0.318. The molecular formula is C22H24N4O3S. The van der Waals surface area contributed by atoms with Crippen LogP contribution in [0.3, 0.4) is 0 Å². The Morgan fingerprint density at radius 1 is 1.13 bits per heavy atom. The van der Waals surface area contributed by atoms with E-state index in [1.807, 2.05) is 42.2 Å². The number of benzene rings is 1. The van der Waals surface area contributed by atoms with Crippen molar-refractivity contribution in [1.82, 2.24) is 15.2 Å². The molecule has 1 aromatic carbocycles. The predicted molar refractivity (Wildman–Crippen MR) is 116 cm³/mol. The van der Waals surface area contributed by atoms with Gasteiger partial charge in [-0.3, -0.25) is 9.78 Å². The second-order valence-corrected chi connectivity index (χ2v) is 9.12. The molecule has 30 heavy (non-hydrogen) atoms. The molecule has 1 saturated heterocycles. The maximum Gasteiger partial charge on any atom is 0.285 e. The lowest BCUT2D eigenvalue weighted by Crippen LogP contribution is -2.47. The van der Waals surface area contributed by atoms with Crippen LogP contribution in [0.15, 0.2) is 64.8 Å². The lowest BCUT2D eigenvalue weighted by Gasteiger charge is -2.33. The topological polar surface area (TPSA) is 91.7 Å². The molecule has 3 heterocycles. The number of hydrogen-bond donors (Lipinski definition) is 1. The first-order valence-corrected chi connectivity index (χ1v) is 11.4. The molecule has 0 radical (unpaired) electrons. The van der Waals surface area contributed by atoms with Gasteiger partial charge in [-0.2, -0.15) is 8.42 Å². The van der Waals surface area contributed by atoms with E-state index < -0.39 is 10.0 Å². The Balaban J connectivity index is 1.39. The SMILES string of the molecule is CC1=C(c2ccccc2)S(=O)(=O)N=C1N1CCC(NC(=O)Cc2cccnc2)CC1. The molecule has 0 bridgehead atoms. The first-order chi connectivity index (χ1) is 14.4. The normalized spacial score (nSPS) is 19.0. The minimum Gasteiger partial charge on any atom is -0.356 e. The van der Waals surface area contributed by atoms with Crippen LogP contribution in [0.4, 0.5) is 0 Å². The zero-order valence-electron chi connectivity index (χ0n) is 16.8. The van der Waals surface area contributed by atoms with E-state index in [4.69, 9.17) is 0 Å². The number of likely N-dealkylation sites (tertiary alicyclic amines) is 1. The smallest absolute Gasteiger partial charge is 0.285 e. The Morgan fingerprint density at radius 3 is 2.53 bits per heavy atom. The number of nitrogens with zero attached hydrogens (tertiary/aromatic N) is 3. The van der Waals surface area contributed by atoms with Gasteiger partial charge in [0.1, 0.15) is 10.7 Å². The number of piperidine rings is 1. The Labute approximate surface area is 176 Å². The van der Waals surface area contributed by atoms with Crippen LogP contribution in [0, 0.1) is 0 Å². The molecule has 8 heteroatoms. The van der Waals surface area contributed by atoms with Gasteiger partial charge in [0.15, 0.2) is 0 Å². The number of nitrogens with one attached hydrogen (secondary N) is 1. The molecule has 0 spiro atoms. The van der Waals surface area contributed by atoms with Crippen LogP contribution < -0.4 is 5.32 Å². The Kier molecular flexibility index (Phi) is 5.67. The maximum absolute atomic E-state index is 12.7. The summed E-state index contributed by atoms with van der Waals surface area (Å²) in [6.45, 7) is 3.10. The van der Waals surface area contributed by atoms with E-state index in [-0.39, 0.29) is 16.9 Å². The average molecular weight is 425 g/mol. The van der Waals surface area contributed by atoms with Crippen molar-refractivity contribution < 1.29 is 13.2 Å². The molecule has 1 N–H and O–H groups in total. The number of rotatable bonds is 4. The first kappa shape index (κ1) is 20.3. The van der Waals surface area contributed by atoms with Gasteiger partial charge in [-0.15, -0.1) is 4.40 Å². The van der Waals surface area contributed by atoms with Crippen LogP contribution >= 0.6 is 0 Å². The van der Waals surface area contributed by atoms with Gasteiger partial charge in [0.25, 0.3) is 10.0 Å². The van der Waals surface area contributed by atoms with Crippen LogP contribution in [-0.2, 0) is 21.2 Å². The summed E-state index contributed by atoms with van der Waals surface area (Å²) in [4.78, 5) is 18.6. The van der Waals surface area contributed by atoms with Gasteiger partial charge in [0.2, 0.25) is 5.91 Å². The molecule has 1 aromatic heterocycles. The molecule has 1 fully saturated rings. The van der Waals surface area contributed by atoms with Crippen molar-refractivity contribution in [2.24, 2.45) is 4.40 Å². The molecule has 0 aliphatic carbocycles. The van der Waals surface area contributed by atoms with E-state index >= 15 is 0 Å². The minimum atomic E-state index is -3.70. The fourth-order valence-corrected chi connectivity index (χ4v) is 5.46. The minimum absolute atomic E-state index is 0.0234. The summed E-state index contributed by atoms with van der Waals surface area (Å²) in [6.07, 6.45) is 5.17. The Hall–Kier alpha value is -3.00. The lowest BCUT2D eigenvalue weighted by atomic mass is 10.0. The van der Waals surface area contributed by atoms with Gasteiger partial charge in [0, 0.05) is 37.1 Å². The van der Waals surface area contributed by atoms with Crippen LogP contribution in [0.5, 0.6) is 0 Å². The van der Waals surface area contributed by atoms with Crippen molar-refractivity contribution in [3.63, 3.8) is 0 Å². The number of amides is 1. The third-order valence-corrected chi connectivity index (χ3v) is 6.89. The monoisotopic (exact) mass is 424 g/mol. The standard InChI is InChI=1S/C22H24N4O3S/c1-16-21(18-7-3-2-4-8-18)30(28,29)25-22(16)26-12-9-19(10-13-26)24-20(27)14-17-6-5-11-23-15-17/h2-8,11,15,19H,9-10,12-14H2,1H3,(H,24,27). The van der Waals surface area contributed by atoms with E-state index in [1.165, 1.54) is 0 Å². The van der Waals surface area contributed by atoms with Crippen LogP contribution in [0.2, 0.25) is 0 Å². The molecule has 0 saturated carbocycles. The predicted octanol–water partition coefficient (Wildman–Crippen LogP) is 2.38.